The molecule has 1 heterocycles. The van der Waals surface area contributed by atoms with Gasteiger partial charge in [-0.25, -0.2) is 15.0 Å². The summed E-state index contributed by atoms with van der Waals surface area (Å²) < 4.78 is 0. The van der Waals surface area contributed by atoms with Crippen LogP contribution in [0.25, 0.3) is 99.9 Å². The fourth-order valence-corrected chi connectivity index (χ4v) is 7.86. The molecule has 0 fully saturated rings. The number of aromatic nitrogens is 3. The maximum atomic E-state index is 9.45. The van der Waals surface area contributed by atoms with E-state index in [4.69, 9.17) is 15.0 Å². The van der Waals surface area contributed by atoms with Gasteiger partial charge in [0, 0.05) is 16.7 Å². The first-order valence-electron chi connectivity index (χ1n) is 18.7. The average molecular weight is 713 g/mol. The number of hydrogen-bond donors (Lipinski definition) is 0. The summed E-state index contributed by atoms with van der Waals surface area (Å²) in [7, 11) is 0. The predicted molar refractivity (Wildman–Crippen MR) is 230 cm³/mol. The molecule has 0 atom stereocenters. The molecule has 0 amide bonds. The van der Waals surface area contributed by atoms with Crippen LogP contribution in [-0.4, -0.2) is 15.0 Å². The smallest absolute Gasteiger partial charge is 0.164 e. The van der Waals surface area contributed by atoms with Gasteiger partial charge in [-0.2, -0.15) is 5.26 Å². The first-order valence-corrected chi connectivity index (χ1v) is 18.7. The summed E-state index contributed by atoms with van der Waals surface area (Å²) in [6.45, 7) is 0. The van der Waals surface area contributed by atoms with Gasteiger partial charge in [0.2, 0.25) is 0 Å². The van der Waals surface area contributed by atoms with Gasteiger partial charge in [0.1, 0.15) is 0 Å². The molecule has 0 saturated heterocycles. The zero-order chi connectivity index (χ0) is 37.4. The molecule has 0 bridgehead atoms. The zero-order valence-corrected chi connectivity index (χ0v) is 30.3. The van der Waals surface area contributed by atoms with E-state index >= 15 is 0 Å². The highest BCUT2D eigenvalue weighted by Gasteiger charge is 2.19. The van der Waals surface area contributed by atoms with E-state index in [9.17, 15) is 5.26 Å². The number of nitrogens with zero attached hydrogens (tertiary/aromatic N) is 4. The molecular formula is C52H32N4. The van der Waals surface area contributed by atoms with Crippen molar-refractivity contribution in [3.8, 4) is 73.6 Å². The number of benzene rings is 9. The van der Waals surface area contributed by atoms with Gasteiger partial charge in [-0.05, 0) is 83.9 Å². The van der Waals surface area contributed by atoms with Crippen LogP contribution in [0, 0.1) is 11.3 Å². The zero-order valence-electron chi connectivity index (χ0n) is 30.3. The molecule has 260 valence electrons. The highest BCUT2D eigenvalue weighted by molar-refractivity contribution is 6.20. The quantitative estimate of drug-likeness (QED) is 0.127. The Bertz CT molecular complexity index is 3130. The van der Waals surface area contributed by atoms with E-state index in [1.165, 1.54) is 37.9 Å². The minimum atomic E-state index is 0.573. The van der Waals surface area contributed by atoms with Crippen molar-refractivity contribution in [3.05, 3.63) is 200 Å². The molecule has 0 spiro atoms. The van der Waals surface area contributed by atoms with E-state index in [1.54, 1.807) is 0 Å². The van der Waals surface area contributed by atoms with Gasteiger partial charge in [0.05, 0.1) is 11.6 Å². The van der Waals surface area contributed by atoms with Gasteiger partial charge < -0.3 is 0 Å². The van der Waals surface area contributed by atoms with Crippen LogP contribution < -0.4 is 0 Å². The molecule has 0 saturated carbocycles. The van der Waals surface area contributed by atoms with E-state index in [1.807, 2.05) is 66.7 Å². The number of nitriles is 1. The largest absolute Gasteiger partial charge is 0.208 e. The number of rotatable bonds is 6. The van der Waals surface area contributed by atoms with Gasteiger partial charge in [-0.3, -0.25) is 0 Å². The summed E-state index contributed by atoms with van der Waals surface area (Å²) in [4.78, 5) is 15.6. The summed E-state index contributed by atoms with van der Waals surface area (Å²) >= 11 is 0. The highest BCUT2D eigenvalue weighted by Crippen LogP contribution is 2.40. The summed E-state index contributed by atoms with van der Waals surface area (Å²) in [6.07, 6.45) is 0. The van der Waals surface area contributed by atoms with Crippen molar-refractivity contribution in [2.75, 3.05) is 0 Å². The molecule has 0 aliphatic carbocycles. The van der Waals surface area contributed by atoms with E-state index in [2.05, 4.69) is 133 Å². The van der Waals surface area contributed by atoms with Gasteiger partial charge in [-0.1, -0.05) is 176 Å². The lowest BCUT2D eigenvalue weighted by Crippen LogP contribution is -2.02. The van der Waals surface area contributed by atoms with E-state index in [0.29, 0.717) is 23.0 Å². The van der Waals surface area contributed by atoms with Gasteiger partial charge in [0.25, 0.3) is 0 Å². The lowest BCUT2D eigenvalue weighted by atomic mass is 9.89. The summed E-state index contributed by atoms with van der Waals surface area (Å²) in [5, 5.41) is 16.8. The molecule has 0 aliphatic rings. The lowest BCUT2D eigenvalue weighted by Gasteiger charge is -2.15. The third kappa shape index (κ3) is 5.85. The Balaban J connectivity index is 1.16. The molecular weight excluding hydrogens is 681 g/mol. The third-order valence-electron chi connectivity index (χ3n) is 10.6. The first-order chi connectivity index (χ1) is 27.7. The Labute approximate surface area is 324 Å². The molecule has 56 heavy (non-hydrogen) atoms. The van der Waals surface area contributed by atoms with Crippen LogP contribution in [0.3, 0.4) is 0 Å². The molecule has 0 unspecified atom stereocenters. The minimum Gasteiger partial charge on any atom is -0.208 e. The molecule has 9 aromatic carbocycles. The van der Waals surface area contributed by atoms with Crippen molar-refractivity contribution in [1.82, 2.24) is 15.0 Å². The number of fused-ring (bicyclic) bond motifs is 4. The normalized spacial score (nSPS) is 11.2. The van der Waals surface area contributed by atoms with Crippen molar-refractivity contribution in [2.45, 2.75) is 0 Å². The molecule has 10 rings (SSSR count). The van der Waals surface area contributed by atoms with Crippen molar-refractivity contribution < 1.29 is 0 Å². The van der Waals surface area contributed by atoms with Crippen LogP contribution in [0.1, 0.15) is 5.56 Å². The number of hydrogen-bond acceptors (Lipinski definition) is 4. The molecule has 4 nitrogen and oxygen atoms in total. The summed E-state index contributed by atoms with van der Waals surface area (Å²) in [6, 6.07) is 69.3. The monoisotopic (exact) mass is 712 g/mol. The molecule has 0 N–H and O–H groups in total. The maximum Gasteiger partial charge on any atom is 0.164 e. The van der Waals surface area contributed by atoms with Crippen LogP contribution in [0.4, 0.5) is 0 Å². The Kier molecular flexibility index (Phi) is 8.17. The SMILES string of the molecule is N#Cc1ccc(-c2ccccc2-c2nc(-c3ccc(-c4c5ccccc5cc5c4ccc4ccccc45)cc3)nc(-c3ccccc3-c3ccccc3)n2)cc1. The topological polar surface area (TPSA) is 62.5 Å². The Morgan fingerprint density at radius 3 is 1.48 bits per heavy atom. The fraction of sp³-hybridized carbons (Fsp3) is 0. The average Bonchev–Trinajstić information content (AvgIpc) is 3.28. The highest BCUT2D eigenvalue weighted by atomic mass is 15.0. The van der Waals surface area contributed by atoms with E-state index in [-0.39, 0.29) is 0 Å². The van der Waals surface area contributed by atoms with Crippen molar-refractivity contribution in [3.63, 3.8) is 0 Å². The lowest BCUT2D eigenvalue weighted by molar-refractivity contribution is 1.07. The van der Waals surface area contributed by atoms with E-state index < -0.39 is 0 Å². The van der Waals surface area contributed by atoms with Gasteiger partial charge >= 0.3 is 0 Å². The second-order valence-electron chi connectivity index (χ2n) is 13.9. The fourth-order valence-electron chi connectivity index (χ4n) is 7.86. The second-order valence-corrected chi connectivity index (χ2v) is 13.9. The summed E-state index contributed by atoms with van der Waals surface area (Å²) in [5.41, 5.74) is 9.72. The molecule has 10 aromatic rings. The van der Waals surface area contributed by atoms with Crippen LogP contribution in [0.2, 0.25) is 0 Å². The molecule has 1 aromatic heterocycles. The van der Waals surface area contributed by atoms with Crippen LogP contribution in [0.5, 0.6) is 0 Å². The minimum absolute atomic E-state index is 0.573. The second kappa shape index (κ2) is 13.9. The predicted octanol–water partition coefficient (Wildman–Crippen LogP) is 13.2. The van der Waals surface area contributed by atoms with Crippen molar-refractivity contribution in [2.24, 2.45) is 0 Å². The van der Waals surface area contributed by atoms with E-state index in [0.717, 1.165) is 44.5 Å². The Hall–Kier alpha value is -7.74. The molecule has 0 aliphatic heterocycles. The van der Waals surface area contributed by atoms with Crippen molar-refractivity contribution >= 4 is 32.3 Å². The van der Waals surface area contributed by atoms with Crippen LogP contribution in [-0.2, 0) is 0 Å². The standard InChI is InChI=1S/C52H32N4/c53-33-34-22-24-37(25-23-34)42-17-9-11-21-47(42)52-55-50(54-51(56-52)46-20-10-8-16-41(46)35-12-2-1-3-13-35)39-28-26-38(27-29-39)49-44-19-7-5-15-40(44)32-48-43-18-6-4-14-36(43)30-31-45(48)49/h1-32H. The maximum absolute atomic E-state index is 9.45. The summed E-state index contributed by atoms with van der Waals surface area (Å²) in [5.74, 6) is 1.75. The van der Waals surface area contributed by atoms with Crippen LogP contribution >= 0.6 is 0 Å². The van der Waals surface area contributed by atoms with Gasteiger partial charge in [0.15, 0.2) is 17.5 Å². The Morgan fingerprint density at radius 1 is 0.321 bits per heavy atom. The third-order valence-corrected chi connectivity index (χ3v) is 10.6. The molecule has 4 heteroatoms. The first kappa shape index (κ1) is 32.9. The van der Waals surface area contributed by atoms with Gasteiger partial charge in [-0.15, -0.1) is 0 Å². The molecule has 0 radical (unpaired) electrons. The Morgan fingerprint density at radius 2 is 0.821 bits per heavy atom. The van der Waals surface area contributed by atoms with Crippen molar-refractivity contribution in [1.29, 1.82) is 5.26 Å². The van der Waals surface area contributed by atoms with Crippen LogP contribution in [0.15, 0.2) is 194 Å².